The third-order valence-corrected chi connectivity index (χ3v) is 5.53. The fourth-order valence-corrected chi connectivity index (χ4v) is 4.07. The second-order valence-electron chi connectivity index (χ2n) is 7.82. The maximum atomic E-state index is 12.0. The number of ether oxygens (including phenoxy) is 3. The number of guanidine groups is 1. The topological polar surface area (TPSA) is 72.4 Å². The number of likely N-dealkylation sites (tertiary alicyclic amines) is 1. The van der Waals surface area contributed by atoms with Gasteiger partial charge in [-0.2, -0.15) is 0 Å². The molecule has 2 aliphatic rings. The van der Waals surface area contributed by atoms with Gasteiger partial charge >= 0.3 is 5.97 Å². The Bertz CT molecular complexity index is 757. The lowest BCUT2D eigenvalue weighted by Gasteiger charge is -2.33. The first-order valence-corrected chi connectivity index (χ1v) is 11.2. The fourth-order valence-electron chi connectivity index (χ4n) is 4.07. The van der Waals surface area contributed by atoms with Crippen LogP contribution in [0.3, 0.4) is 0 Å². The van der Waals surface area contributed by atoms with Gasteiger partial charge in [-0.05, 0) is 52.7 Å². The van der Waals surface area contributed by atoms with Crippen LogP contribution in [0.2, 0.25) is 0 Å². The summed E-state index contributed by atoms with van der Waals surface area (Å²) in [7, 11) is 0. The van der Waals surface area contributed by atoms with Crippen LogP contribution < -0.4 is 14.8 Å². The maximum absolute atomic E-state index is 12.0. The van der Waals surface area contributed by atoms with Gasteiger partial charge in [0.05, 0.1) is 25.7 Å². The molecule has 166 valence electrons. The molecule has 1 saturated heterocycles. The van der Waals surface area contributed by atoms with Gasteiger partial charge in [0.1, 0.15) is 17.6 Å². The monoisotopic (exact) mass is 417 g/mol. The summed E-state index contributed by atoms with van der Waals surface area (Å²) >= 11 is 0. The molecule has 0 aromatic heterocycles. The third kappa shape index (κ3) is 5.37. The Kier molecular flexibility index (Phi) is 7.82. The SMILES string of the molecule is CCNC(=NCc1cc2c(cc1OCC)CC(C)O2)N1CCC(C(=O)OCC)CC1. The molecule has 1 aromatic rings. The number of carbonyl (C=O) groups excluding carboxylic acids is 1. The zero-order valence-corrected chi connectivity index (χ0v) is 18.7. The second kappa shape index (κ2) is 10.5. The highest BCUT2D eigenvalue weighted by molar-refractivity contribution is 5.80. The van der Waals surface area contributed by atoms with Crippen molar-refractivity contribution in [2.75, 3.05) is 32.8 Å². The van der Waals surface area contributed by atoms with Crippen LogP contribution in [0.4, 0.5) is 0 Å². The fraction of sp³-hybridized carbons (Fsp3) is 0.652. The van der Waals surface area contributed by atoms with Gasteiger partial charge in [-0.3, -0.25) is 4.79 Å². The summed E-state index contributed by atoms with van der Waals surface area (Å²) in [6, 6.07) is 4.18. The van der Waals surface area contributed by atoms with Crippen molar-refractivity contribution in [3.63, 3.8) is 0 Å². The van der Waals surface area contributed by atoms with Crippen molar-refractivity contribution >= 4 is 11.9 Å². The van der Waals surface area contributed by atoms with E-state index in [4.69, 9.17) is 19.2 Å². The Morgan fingerprint density at radius 1 is 1.23 bits per heavy atom. The largest absolute Gasteiger partial charge is 0.494 e. The minimum Gasteiger partial charge on any atom is -0.494 e. The van der Waals surface area contributed by atoms with E-state index in [1.165, 1.54) is 5.56 Å². The minimum atomic E-state index is -0.0761. The van der Waals surface area contributed by atoms with Gasteiger partial charge in [0.2, 0.25) is 0 Å². The highest BCUT2D eigenvalue weighted by Crippen LogP contribution is 2.35. The van der Waals surface area contributed by atoms with Gasteiger partial charge in [-0.1, -0.05) is 0 Å². The van der Waals surface area contributed by atoms with Crippen LogP contribution >= 0.6 is 0 Å². The summed E-state index contributed by atoms with van der Waals surface area (Å²) in [6.45, 7) is 11.9. The molecular weight excluding hydrogens is 382 g/mol. The molecule has 1 aromatic carbocycles. The summed E-state index contributed by atoms with van der Waals surface area (Å²) in [5.41, 5.74) is 2.23. The lowest BCUT2D eigenvalue weighted by Crippen LogP contribution is -2.46. The zero-order chi connectivity index (χ0) is 21.5. The molecule has 3 rings (SSSR count). The molecule has 1 N–H and O–H groups in total. The van der Waals surface area contributed by atoms with E-state index in [9.17, 15) is 4.79 Å². The first kappa shape index (κ1) is 22.2. The molecule has 2 aliphatic heterocycles. The average Bonchev–Trinajstić information content (AvgIpc) is 3.10. The van der Waals surface area contributed by atoms with Crippen molar-refractivity contribution in [2.24, 2.45) is 10.9 Å². The highest BCUT2D eigenvalue weighted by atomic mass is 16.5. The van der Waals surface area contributed by atoms with E-state index >= 15 is 0 Å². The summed E-state index contributed by atoms with van der Waals surface area (Å²) in [5, 5.41) is 3.39. The van der Waals surface area contributed by atoms with Crippen molar-refractivity contribution in [1.29, 1.82) is 0 Å². The van der Waals surface area contributed by atoms with Crippen LogP contribution in [-0.2, 0) is 22.5 Å². The molecule has 0 aliphatic carbocycles. The van der Waals surface area contributed by atoms with E-state index in [0.717, 1.165) is 61.9 Å². The number of aliphatic imine (C=N–C) groups is 1. The van der Waals surface area contributed by atoms with E-state index in [-0.39, 0.29) is 18.0 Å². The number of benzene rings is 1. The Morgan fingerprint density at radius 3 is 2.67 bits per heavy atom. The molecule has 1 atom stereocenters. The van der Waals surface area contributed by atoms with E-state index in [0.29, 0.717) is 19.8 Å². The second-order valence-corrected chi connectivity index (χ2v) is 7.82. The summed E-state index contributed by atoms with van der Waals surface area (Å²) in [5.74, 6) is 2.61. The Morgan fingerprint density at radius 2 is 2.00 bits per heavy atom. The Labute approximate surface area is 179 Å². The Balaban J connectivity index is 1.71. The van der Waals surface area contributed by atoms with E-state index in [1.807, 2.05) is 13.8 Å². The van der Waals surface area contributed by atoms with E-state index < -0.39 is 0 Å². The Hall–Kier alpha value is -2.44. The number of carbonyl (C=O) groups is 1. The van der Waals surface area contributed by atoms with Crippen molar-refractivity contribution in [1.82, 2.24) is 10.2 Å². The van der Waals surface area contributed by atoms with E-state index in [1.54, 1.807) is 0 Å². The number of fused-ring (bicyclic) bond motifs is 1. The van der Waals surface area contributed by atoms with Crippen LogP contribution in [0.1, 0.15) is 51.7 Å². The van der Waals surface area contributed by atoms with Gasteiger partial charge in [-0.25, -0.2) is 4.99 Å². The quantitative estimate of drug-likeness (QED) is 0.417. The lowest BCUT2D eigenvalue weighted by molar-refractivity contribution is -0.149. The molecular formula is C23H35N3O4. The van der Waals surface area contributed by atoms with Crippen LogP contribution in [0.5, 0.6) is 11.5 Å². The van der Waals surface area contributed by atoms with Crippen LogP contribution in [-0.4, -0.2) is 55.8 Å². The smallest absolute Gasteiger partial charge is 0.309 e. The first-order valence-electron chi connectivity index (χ1n) is 11.2. The standard InChI is InChI=1S/C23H35N3O4/c1-5-24-23(26-10-8-17(9-11-26)22(27)29-7-3)25-15-19-14-21-18(12-16(4)30-21)13-20(19)28-6-2/h13-14,16-17H,5-12,15H2,1-4H3,(H,24,25). The van der Waals surface area contributed by atoms with Crippen molar-refractivity contribution in [3.05, 3.63) is 23.3 Å². The van der Waals surface area contributed by atoms with E-state index in [2.05, 4.69) is 36.2 Å². The van der Waals surface area contributed by atoms with Gasteiger partial charge in [0.25, 0.3) is 0 Å². The minimum absolute atomic E-state index is 0.00974. The predicted octanol–water partition coefficient (Wildman–Crippen LogP) is 3.15. The number of esters is 1. The number of nitrogens with one attached hydrogen (secondary N) is 1. The third-order valence-electron chi connectivity index (χ3n) is 5.53. The number of hydrogen-bond donors (Lipinski definition) is 1. The number of rotatable bonds is 7. The van der Waals surface area contributed by atoms with Crippen molar-refractivity contribution < 1.29 is 19.0 Å². The molecule has 1 unspecified atom stereocenters. The maximum Gasteiger partial charge on any atom is 0.309 e. The molecule has 0 spiro atoms. The molecule has 1 fully saturated rings. The average molecular weight is 418 g/mol. The highest BCUT2D eigenvalue weighted by Gasteiger charge is 2.27. The van der Waals surface area contributed by atoms with Crippen molar-refractivity contribution in [3.8, 4) is 11.5 Å². The van der Waals surface area contributed by atoms with Gasteiger partial charge in [0.15, 0.2) is 5.96 Å². The van der Waals surface area contributed by atoms with Crippen molar-refractivity contribution in [2.45, 2.75) is 59.6 Å². The molecule has 30 heavy (non-hydrogen) atoms. The summed E-state index contributed by atoms with van der Waals surface area (Å²) in [4.78, 5) is 19.1. The molecule has 0 radical (unpaired) electrons. The van der Waals surface area contributed by atoms with Crippen LogP contribution in [0, 0.1) is 5.92 Å². The lowest BCUT2D eigenvalue weighted by atomic mass is 9.97. The molecule has 7 heteroatoms. The van der Waals surface area contributed by atoms with Gasteiger partial charge in [0, 0.05) is 37.2 Å². The number of nitrogens with zero attached hydrogens (tertiary/aromatic N) is 2. The summed E-state index contributed by atoms with van der Waals surface area (Å²) < 4.78 is 17.0. The molecule has 7 nitrogen and oxygen atoms in total. The zero-order valence-electron chi connectivity index (χ0n) is 18.7. The number of hydrogen-bond acceptors (Lipinski definition) is 5. The number of piperidine rings is 1. The predicted molar refractivity (Wildman–Crippen MR) is 117 cm³/mol. The molecule has 0 bridgehead atoms. The molecule has 0 saturated carbocycles. The summed E-state index contributed by atoms with van der Waals surface area (Å²) in [6.07, 6.45) is 2.69. The normalized spacial score (nSPS) is 19.3. The first-order chi connectivity index (χ1) is 14.5. The van der Waals surface area contributed by atoms with Crippen LogP contribution in [0.15, 0.2) is 17.1 Å². The van der Waals surface area contributed by atoms with Crippen LogP contribution in [0.25, 0.3) is 0 Å². The van der Waals surface area contributed by atoms with Gasteiger partial charge < -0.3 is 24.4 Å². The molecule has 0 amide bonds. The van der Waals surface area contributed by atoms with Gasteiger partial charge in [-0.15, -0.1) is 0 Å². The molecule has 2 heterocycles.